The fourth-order valence-electron chi connectivity index (χ4n) is 3.99. The first-order valence-electron chi connectivity index (χ1n) is 9.64. The van der Waals surface area contributed by atoms with Crippen LogP contribution in [0, 0.1) is 13.8 Å². The zero-order valence-corrected chi connectivity index (χ0v) is 16.2. The molecule has 26 heavy (non-hydrogen) atoms. The fraction of sp³-hybridized carbons (Fsp3) is 0.524. The predicted molar refractivity (Wildman–Crippen MR) is 105 cm³/mol. The van der Waals surface area contributed by atoms with Crippen LogP contribution in [-0.4, -0.2) is 33.7 Å². The summed E-state index contributed by atoms with van der Waals surface area (Å²) in [5.74, 6) is -0.296. The largest absolute Gasteiger partial charge is 0.370 e. The third-order valence-electron chi connectivity index (χ3n) is 5.57. The summed E-state index contributed by atoms with van der Waals surface area (Å²) >= 11 is 0. The fourth-order valence-corrected chi connectivity index (χ4v) is 3.99. The first kappa shape index (κ1) is 18.6. The highest BCUT2D eigenvalue weighted by atomic mass is 16.1. The molecule has 0 spiro atoms. The number of aromatic nitrogens is 2. The van der Waals surface area contributed by atoms with E-state index in [0.29, 0.717) is 19.0 Å². The second-order valence-electron chi connectivity index (χ2n) is 7.38. The van der Waals surface area contributed by atoms with Gasteiger partial charge in [-0.15, -0.1) is 0 Å². The van der Waals surface area contributed by atoms with E-state index in [1.807, 2.05) is 11.6 Å². The standard InChI is InChI=1S/C21H30N4O/c1-15-21(17(3)25(23-15)14-11-20(22)26)19-9-7-18(8-10-19)16(2)24-12-5-4-6-13-24/h7-10,16H,4-6,11-14H2,1-3H3,(H2,22,26)/t16-/m1/s1. The van der Waals surface area contributed by atoms with Crippen molar-refractivity contribution >= 4 is 5.91 Å². The van der Waals surface area contributed by atoms with Crippen molar-refractivity contribution in [1.29, 1.82) is 0 Å². The molecule has 0 aliphatic carbocycles. The predicted octanol–water partition coefficient (Wildman–Crippen LogP) is 3.59. The van der Waals surface area contributed by atoms with Crippen molar-refractivity contribution in [2.75, 3.05) is 13.1 Å². The Balaban J connectivity index is 1.79. The molecule has 5 nitrogen and oxygen atoms in total. The zero-order valence-electron chi connectivity index (χ0n) is 16.2. The summed E-state index contributed by atoms with van der Waals surface area (Å²) in [5.41, 5.74) is 11.0. The molecule has 0 unspecified atom stereocenters. The number of nitrogens with zero attached hydrogens (tertiary/aromatic N) is 3. The molecule has 0 bridgehead atoms. The van der Waals surface area contributed by atoms with Gasteiger partial charge in [0.05, 0.1) is 5.69 Å². The Morgan fingerprint density at radius 2 is 1.81 bits per heavy atom. The first-order chi connectivity index (χ1) is 12.5. The molecule has 1 atom stereocenters. The van der Waals surface area contributed by atoms with Crippen LogP contribution in [0.2, 0.25) is 0 Å². The quantitative estimate of drug-likeness (QED) is 0.862. The maximum absolute atomic E-state index is 11.1. The van der Waals surface area contributed by atoms with E-state index in [9.17, 15) is 4.79 Å². The van der Waals surface area contributed by atoms with E-state index in [2.05, 4.69) is 48.1 Å². The van der Waals surface area contributed by atoms with E-state index in [1.165, 1.54) is 43.5 Å². The molecule has 1 saturated heterocycles. The van der Waals surface area contributed by atoms with Gasteiger partial charge in [0.1, 0.15) is 0 Å². The average Bonchev–Trinajstić information content (AvgIpc) is 2.94. The van der Waals surface area contributed by atoms with Crippen molar-refractivity contribution in [1.82, 2.24) is 14.7 Å². The molecule has 2 heterocycles. The third-order valence-corrected chi connectivity index (χ3v) is 5.57. The Labute approximate surface area is 156 Å². The van der Waals surface area contributed by atoms with E-state index in [1.54, 1.807) is 0 Å². The number of hydrogen-bond acceptors (Lipinski definition) is 3. The molecule has 5 heteroatoms. The molecule has 1 fully saturated rings. The monoisotopic (exact) mass is 354 g/mol. The van der Waals surface area contributed by atoms with Crippen LogP contribution in [0.5, 0.6) is 0 Å². The number of benzene rings is 1. The third kappa shape index (κ3) is 3.98. The molecule has 140 valence electrons. The van der Waals surface area contributed by atoms with Crippen LogP contribution in [0.4, 0.5) is 0 Å². The Morgan fingerprint density at radius 1 is 1.15 bits per heavy atom. The molecule has 2 N–H and O–H groups in total. The van der Waals surface area contributed by atoms with E-state index in [-0.39, 0.29) is 5.91 Å². The van der Waals surface area contributed by atoms with Crippen molar-refractivity contribution in [3.05, 3.63) is 41.2 Å². The van der Waals surface area contributed by atoms with Crippen LogP contribution in [0.3, 0.4) is 0 Å². The second-order valence-corrected chi connectivity index (χ2v) is 7.38. The van der Waals surface area contributed by atoms with Gasteiger partial charge in [0.25, 0.3) is 0 Å². The van der Waals surface area contributed by atoms with Crippen molar-refractivity contribution < 1.29 is 4.79 Å². The van der Waals surface area contributed by atoms with Crippen LogP contribution < -0.4 is 5.73 Å². The minimum absolute atomic E-state index is 0.296. The maximum Gasteiger partial charge on any atom is 0.219 e. The van der Waals surface area contributed by atoms with E-state index in [0.717, 1.165) is 17.0 Å². The summed E-state index contributed by atoms with van der Waals surface area (Å²) in [6.07, 6.45) is 4.30. The topological polar surface area (TPSA) is 64.2 Å². The molecular weight excluding hydrogens is 324 g/mol. The van der Waals surface area contributed by atoms with Gasteiger partial charge in [0, 0.05) is 30.3 Å². The van der Waals surface area contributed by atoms with E-state index < -0.39 is 0 Å². The first-order valence-corrected chi connectivity index (χ1v) is 9.64. The van der Waals surface area contributed by atoms with Gasteiger partial charge < -0.3 is 5.73 Å². The number of aryl methyl sites for hydroxylation is 2. The second kappa shape index (κ2) is 8.04. The number of piperidine rings is 1. The molecule has 1 amide bonds. The Bertz CT molecular complexity index is 757. The lowest BCUT2D eigenvalue weighted by Gasteiger charge is -2.32. The summed E-state index contributed by atoms with van der Waals surface area (Å²) in [6.45, 7) is 9.32. The summed E-state index contributed by atoms with van der Waals surface area (Å²) < 4.78 is 1.89. The Hall–Kier alpha value is -2.14. The average molecular weight is 354 g/mol. The highest BCUT2D eigenvalue weighted by Crippen LogP contribution is 2.30. The minimum atomic E-state index is -0.296. The highest BCUT2D eigenvalue weighted by Gasteiger charge is 2.19. The summed E-state index contributed by atoms with van der Waals surface area (Å²) in [4.78, 5) is 13.6. The van der Waals surface area contributed by atoms with Gasteiger partial charge in [-0.2, -0.15) is 5.10 Å². The van der Waals surface area contributed by atoms with Crippen LogP contribution in [-0.2, 0) is 11.3 Å². The number of hydrogen-bond donors (Lipinski definition) is 1. The lowest BCUT2D eigenvalue weighted by Crippen LogP contribution is -2.32. The van der Waals surface area contributed by atoms with Gasteiger partial charge in [0.2, 0.25) is 5.91 Å². The lowest BCUT2D eigenvalue weighted by atomic mass is 9.98. The molecule has 1 aliphatic rings. The minimum Gasteiger partial charge on any atom is -0.370 e. The van der Waals surface area contributed by atoms with Gasteiger partial charge in [-0.25, -0.2) is 0 Å². The number of amides is 1. The van der Waals surface area contributed by atoms with E-state index >= 15 is 0 Å². The van der Waals surface area contributed by atoms with Gasteiger partial charge in [0.15, 0.2) is 0 Å². The molecule has 0 saturated carbocycles. The van der Waals surface area contributed by atoms with Gasteiger partial charge in [-0.3, -0.25) is 14.4 Å². The normalized spacial score (nSPS) is 16.6. The molecular formula is C21H30N4O. The van der Waals surface area contributed by atoms with Gasteiger partial charge in [-0.05, 0) is 57.8 Å². The molecule has 2 aromatic rings. The molecule has 3 rings (SSSR count). The van der Waals surface area contributed by atoms with Crippen molar-refractivity contribution in [2.24, 2.45) is 5.73 Å². The lowest BCUT2D eigenvalue weighted by molar-refractivity contribution is -0.118. The summed E-state index contributed by atoms with van der Waals surface area (Å²) in [5, 5.41) is 4.59. The van der Waals surface area contributed by atoms with Gasteiger partial charge >= 0.3 is 0 Å². The van der Waals surface area contributed by atoms with Crippen LogP contribution >= 0.6 is 0 Å². The number of primary amides is 1. The summed E-state index contributed by atoms with van der Waals surface area (Å²) in [7, 11) is 0. The molecule has 1 aliphatic heterocycles. The van der Waals surface area contributed by atoms with Crippen LogP contribution in [0.1, 0.15) is 55.6 Å². The molecule has 0 radical (unpaired) electrons. The van der Waals surface area contributed by atoms with Crippen molar-refractivity contribution in [2.45, 2.75) is 59.0 Å². The molecule has 1 aromatic carbocycles. The van der Waals surface area contributed by atoms with Crippen LogP contribution in [0.15, 0.2) is 24.3 Å². The Morgan fingerprint density at radius 3 is 2.42 bits per heavy atom. The SMILES string of the molecule is Cc1nn(CCC(N)=O)c(C)c1-c1ccc([C@@H](C)N2CCCCC2)cc1. The van der Waals surface area contributed by atoms with Crippen LogP contribution in [0.25, 0.3) is 11.1 Å². The van der Waals surface area contributed by atoms with Gasteiger partial charge in [-0.1, -0.05) is 30.7 Å². The number of nitrogens with two attached hydrogens (primary N) is 1. The van der Waals surface area contributed by atoms with Crippen molar-refractivity contribution in [3.63, 3.8) is 0 Å². The van der Waals surface area contributed by atoms with Crippen molar-refractivity contribution in [3.8, 4) is 11.1 Å². The molecule has 1 aromatic heterocycles. The number of carbonyl (C=O) groups excluding carboxylic acids is 1. The number of carbonyl (C=O) groups is 1. The zero-order chi connectivity index (χ0) is 18.7. The maximum atomic E-state index is 11.1. The number of rotatable bonds is 6. The van der Waals surface area contributed by atoms with E-state index in [4.69, 9.17) is 5.73 Å². The Kier molecular flexibility index (Phi) is 5.77. The smallest absolute Gasteiger partial charge is 0.219 e. The highest BCUT2D eigenvalue weighted by molar-refractivity contribution is 5.73. The summed E-state index contributed by atoms with van der Waals surface area (Å²) in [6, 6.07) is 9.35. The number of likely N-dealkylation sites (tertiary alicyclic amines) is 1.